The fourth-order valence-electron chi connectivity index (χ4n) is 4.65. The maximum atomic E-state index is 15.9. The van der Waals surface area contributed by atoms with Gasteiger partial charge in [0.15, 0.2) is 6.10 Å². The molecule has 2 aromatic heterocycles. The molecule has 3 heterocycles. The molecule has 0 saturated carbocycles. The number of benzene rings is 2. The van der Waals surface area contributed by atoms with Crippen LogP contribution in [0.15, 0.2) is 70.4 Å². The maximum Gasteiger partial charge on any atom is 0.331 e. The standard InChI is InChI=1S/C33H34F2N4O8Se/c1-31(2,3)28(42)45-17-21-24(47-29(43)32(4,5)6)33(34,35)27(46-21)38-16-15-23(37-30(38)44)36-25(40)18-11-13-19(14-12-18)39-26(41)20-9-7-8-10-22(20)48-39/h7-16,21,24,27H,17H2,1-6H3,(H,36,37,40,44)/t21-,24-,27-/m0/s1. The molecular weight excluding hydrogens is 697 g/mol. The Morgan fingerprint density at radius 3 is 2.21 bits per heavy atom. The summed E-state index contributed by atoms with van der Waals surface area (Å²) in [7, 11) is 0. The van der Waals surface area contributed by atoms with Gasteiger partial charge in [-0.15, -0.1) is 0 Å². The summed E-state index contributed by atoms with van der Waals surface area (Å²) in [6.45, 7) is 8.53. The Kier molecular flexibility index (Phi) is 9.34. The quantitative estimate of drug-likeness (QED) is 0.221. The summed E-state index contributed by atoms with van der Waals surface area (Å²) >= 11 is -0.254. The van der Waals surface area contributed by atoms with Crippen molar-refractivity contribution in [1.82, 2.24) is 13.1 Å². The summed E-state index contributed by atoms with van der Waals surface area (Å²) in [5, 5.41) is 3.10. The second kappa shape index (κ2) is 12.9. The van der Waals surface area contributed by atoms with E-state index < -0.39 is 65.3 Å². The van der Waals surface area contributed by atoms with Gasteiger partial charge in [0.05, 0.1) is 10.8 Å². The van der Waals surface area contributed by atoms with Crippen molar-refractivity contribution in [3.63, 3.8) is 0 Å². The number of esters is 2. The fraction of sp³-hybridized carbons (Fsp3) is 0.394. The number of halogens is 2. The number of alkyl halides is 2. The van der Waals surface area contributed by atoms with Crippen LogP contribution in [-0.2, 0) is 23.8 Å². The molecule has 254 valence electrons. The molecule has 0 bridgehead atoms. The van der Waals surface area contributed by atoms with Gasteiger partial charge in [0.1, 0.15) is 12.7 Å². The van der Waals surface area contributed by atoms with E-state index >= 15 is 8.78 Å². The van der Waals surface area contributed by atoms with E-state index in [2.05, 4.69) is 10.3 Å². The first-order valence-electron chi connectivity index (χ1n) is 14.9. The van der Waals surface area contributed by atoms with Crippen LogP contribution in [0.4, 0.5) is 14.6 Å². The number of carbonyl (C=O) groups excluding carboxylic acids is 3. The minimum absolute atomic E-state index is 0.125. The van der Waals surface area contributed by atoms with Gasteiger partial charge in [0, 0.05) is 0 Å². The van der Waals surface area contributed by atoms with Gasteiger partial charge in [-0.3, -0.25) is 9.59 Å². The molecule has 48 heavy (non-hydrogen) atoms. The fourth-order valence-corrected chi connectivity index (χ4v) is 6.75. The van der Waals surface area contributed by atoms with Crippen LogP contribution in [-0.4, -0.2) is 70.4 Å². The second-order valence-corrected chi connectivity index (χ2v) is 15.4. The Balaban J connectivity index is 1.33. The molecule has 4 aromatic rings. The average Bonchev–Trinajstić information content (AvgIpc) is 3.47. The molecule has 1 amide bonds. The summed E-state index contributed by atoms with van der Waals surface area (Å²) in [5.74, 6) is -6.44. The zero-order valence-corrected chi connectivity index (χ0v) is 28.7. The van der Waals surface area contributed by atoms with E-state index in [0.717, 1.165) is 16.5 Å². The predicted molar refractivity (Wildman–Crippen MR) is 172 cm³/mol. The van der Waals surface area contributed by atoms with E-state index in [1.54, 1.807) is 48.6 Å². The van der Waals surface area contributed by atoms with E-state index in [1.165, 1.54) is 32.9 Å². The number of anilines is 1. The molecule has 1 saturated heterocycles. The summed E-state index contributed by atoms with van der Waals surface area (Å²) < 4.78 is 50.7. The van der Waals surface area contributed by atoms with Gasteiger partial charge >= 0.3 is 176 Å². The second-order valence-electron chi connectivity index (χ2n) is 13.3. The van der Waals surface area contributed by atoms with E-state index in [4.69, 9.17) is 14.2 Å². The van der Waals surface area contributed by atoms with Crippen molar-refractivity contribution in [2.24, 2.45) is 10.8 Å². The van der Waals surface area contributed by atoms with Crippen LogP contribution in [0.1, 0.15) is 58.1 Å². The van der Waals surface area contributed by atoms with E-state index in [9.17, 15) is 24.0 Å². The molecule has 2 aromatic carbocycles. The molecule has 1 aliphatic rings. The van der Waals surface area contributed by atoms with Crippen LogP contribution in [0.2, 0.25) is 0 Å². The molecule has 1 aliphatic heterocycles. The molecule has 0 aliphatic carbocycles. The monoisotopic (exact) mass is 732 g/mol. The van der Waals surface area contributed by atoms with Crippen LogP contribution in [0.25, 0.3) is 15.3 Å². The van der Waals surface area contributed by atoms with E-state index in [1.807, 2.05) is 12.1 Å². The Hall–Kier alpha value is -4.46. The van der Waals surface area contributed by atoms with Crippen LogP contribution in [0.3, 0.4) is 0 Å². The zero-order valence-electron chi connectivity index (χ0n) is 27.0. The van der Waals surface area contributed by atoms with Gasteiger partial charge < -0.3 is 14.2 Å². The summed E-state index contributed by atoms with van der Waals surface area (Å²) in [6.07, 6.45) is -5.10. The number of fused-ring (bicyclic) bond motifs is 1. The number of hydrogen-bond acceptors (Lipinski definition) is 9. The first-order valence-corrected chi connectivity index (χ1v) is 16.5. The Morgan fingerprint density at radius 2 is 1.60 bits per heavy atom. The van der Waals surface area contributed by atoms with Crippen molar-refractivity contribution >= 4 is 48.0 Å². The smallest absolute Gasteiger partial charge is 0.331 e. The Bertz CT molecular complexity index is 1990. The van der Waals surface area contributed by atoms with Gasteiger partial charge in [-0.05, 0) is 41.5 Å². The third-order valence-electron chi connectivity index (χ3n) is 7.37. The van der Waals surface area contributed by atoms with Crippen LogP contribution < -0.4 is 16.6 Å². The number of rotatable bonds is 7. The van der Waals surface area contributed by atoms with Gasteiger partial charge in [0.2, 0.25) is 0 Å². The number of nitrogens with one attached hydrogen (secondary N) is 1. The molecule has 5 rings (SSSR count). The van der Waals surface area contributed by atoms with Gasteiger partial charge in [0.25, 0.3) is 0 Å². The number of aromatic nitrogens is 3. The molecule has 0 spiro atoms. The van der Waals surface area contributed by atoms with Gasteiger partial charge in [-0.1, -0.05) is 0 Å². The Morgan fingerprint density at radius 1 is 0.958 bits per heavy atom. The largest absolute Gasteiger partial charge is 0.452 e. The van der Waals surface area contributed by atoms with Crippen molar-refractivity contribution in [2.75, 3.05) is 11.9 Å². The summed E-state index contributed by atoms with van der Waals surface area (Å²) in [4.78, 5) is 67.4. The third kappa shape index (κ3) is 7.03. The first kappa shape index (κ1) is 34.9. The van der Waals surface area contributed by atoms with Crippen molar-refractivity contribution in [3.05, 3.63) is 87.2 Å². The van der Waals surface area contributed by atoms with Crippen molar-refractivity contribution < 1.29 is 37.4 Å². The molecule has 1 N–H and O–H groups in total. The number of hydrogen-bond donors (Lipinski definition) is 1. The molecule has 1 fully saturated rings. The minimum atomic E-state index is -3.95. The maximum absolute atomic E-state index is 15.9. The number of ether oxygens (including phenoxy) is 3. The van der Waals surface area contributed by atoms with Gasteiger partial charge in [-0.2, -0.15) is 8.78 Å². The first-order chi connectivity index (χ1) is 22.4. The molecule has 12 nitrogen and oxygen atoms in total. The molecule has 0 radical (unpaired) electrons. The van der Waals surface area contributed by atoms with Crippen molar-refractivity contribution in [2.45, 2.75) is 65.9 Å². The average molecular weight is 732 g/mol. The third-order valence-corrected chi connectivity index (χ3v) is 9.70. The minimum Gasteiger partial charge on any atom is -0.452 e. The number of amides is 1. The van der Waals surface area contributed by atoms with E-state index in [0.29, 0.717) is 15.6 Å². The Labute approximate surface area is 279 Å². The van der Waals surface area contributed by atoms with Crippen molar-refractivity contribution in [3.8, 4) is 5.69 Å². The molecular formula is C33H34F2N4O8Se. The number of nitrogens with zero attached hydrogens (tertiary/aromatic N) is 3. The SMILES string of the molecule is CC(C)(C)C(=O)OC[C@@H]1O[C@H](n2ccc(NC(=O)c3ccc(-n4[se]c5ccccc5c4=O)cc3)nc2=O)C(F)(F)[C@H]1OC(=O)C(C)(C)C. The summed E-state index contributed by atoms with van der Waals surface area (Å²) in [6, 6.07) is 14.8. The molecule has 15 heteroatoms. The number of carbonyl (C=O) groups is 3. The van der Waals surface area contributed by atoms with Crippen molar-refractivity contribution in [1.29, 1.82) is 0 Å². The van der Waals surface area contributed by atoms with E-state index in [-0.39, 0.29) is 31.7 Å². The normalized spacial score (nSPS) is 19.2. The topological polar surface area (TPSA) is 148 Å². The van der Waals surface area contributed by atoms with Crippen LogP contribution in [0.5, 0.6) is 0 Å². The van der Waals surface area contributed by atoms with Crippen LogP contribution in [0, 0.1) is 10.8 Å². The predicted octanol–water partition coefficient (Wildman–Crippen LogP) is 3.94. The van der Waals surface area contributed by atoms with Gasteiger partial charge in [-0.25, -0.2) is 0 Å². The molecule has 3 atom stereocenters. The summed E-state index contributed by atoms with van der Waals surface area (Å²) in [5.41, 5.74) is -2.58. The zero-order chi connectivity index (χ0) is 35.2. The molecule has 0 unspecified atom stereocenters. The van der Waals surface area contributed by atoms with Crippen LogP contribution >= 0.6 is 0 Å².